The maximum Gasteiger partial charge on any atom is 0.331 e. The smallest absolute Gasteiger partial charge is 0.331 e. The lowest BCUT2D eigenvalue weighted by atomic mass is 10.1. The second-order valence-electron chi connectivity index (χ2n) is 9.35. The SMILES string of the molecule is CC(C)(C)[Si](C)(C)O[C@H](CCC(=O)CP(=O)(c1ccccc1)c1ccccc1)C(=O)O. The van der Waals surface area contributed by atoms with E-state index in [0.29, 0.717) is 10.6 Å². The van der Waals surface area contributed by atoms with Crippen molar-refractivity contribution in [3.05, 3.63) is 60.7 Å². The minimum Gasteiger partial charge on any atom is -0.479 e. The Morgan fingerprint density at radius 2 is 1.42 bits per heavy atom. The first-order chi connectivity index (χ1) is 14.4. The standard InChI is InChI=1S/C24H33O5PSi/c1-24(2,3)31(4,5)29-22(23(26)27)17-16-19(25)18-30(28,20-12-8-6-9-13-20)21-14-10-7-11-15-21/h6-15,22H,16-18H2,1-5H3,(H,26,27)/t22-/m1/s1. The van der Waals surface area contributed by atoms with Gasteiger partial charge in [-0.1, -0.05) is 81.4 Å². The molecule has 0 saturated heterocycles. The highest BCUT2D eigenvalue weighted by molar-refractivity contribution is 7.79. The molecule has 0 unspecified atom stereocenters. The summed E-state index contributed by atoms with van der Waals surface area (Å²) in [6.07, 6.45) is -1.09. The third kappa shape index (κ3) is 6.48. The summed E-state index contributed by atoms with van der Waals surface area (Å²) in [5.74, 6) is -1.28. The van der Waals surface area contributed by atoms with E-state index in [1.54, 1.807) is 24.3 Å². The molecule has 0 fully saturated rings. The maximum atomic E-state index is 14.0. The molecular weight excluding hydrogens is 427 g/mol. The van der Waals surface area contributed by atoms with E-state index in [-0.39, 0.29) is 29.8 Å². The van der Waals surface area contributed by atoms with Gasteiger partial charge in [-0.05, 0) is 24.6 Å². The van der Waals surface area contributed by atoms with E-state index in [9.17, 15) is 19.3 Å². The number of hydrogen-bond acceptors (Lipinski definition) is 4. The van der Waals surface area contributed by atoms with Crippen molar-refractivity contribution in [1.29, 1.82) is 0 Å². The first-order valence-electron chi connectivity index (χ1n) is 10.5. The van der Waals surface area contributed by atoms with Gasteiger partial charge in [0.1, 0.15) is 19.0 Å². The number of rotatable bonds is 10. The van der Waals surface area contributed by atoms with Crippen LogP contribution in [-0.2, 0) is 18.6 Å². The van der Waals surface area contributed by atoms with Crippen LogP contribution in [0.3, 0.4) is 0 Å². The fourth-order valence-corrected chi connectivity index (χ4v) is 6.96. The molecule has 2 aromatic rings. The van der Waals surface area contributed by atoms with Gasteiger partial charge in [0.2, 0.25) is 0 Å². The molecule has 1 atom stereocenters. The van der Waals surface area contributed by atoms with E-state index in [1.807, 2.05) is 70.3 Å². The predicted molar refractivity (Wildman–Crippen MR) is 129 cm³/mol. The zero-order valence-electron chi connectivity index (χ0n) is 19.0. The molecule has 31 heavy (non-hydrogen) atoms. The Hall–Kier alpha value is -2.01. The Labute approximate surface area is 186 Å². The summed E-state index contributed by atoms with van der Waals surface area (Å²) in [7, 11) is -5.46. The van der Waals surface area contributed by atoms with E-state index in [4.69, 9.17) is 4.43 Å². The second-order valence-corrected chi connectivity index (χ2v) is 16.9. The maximum absolute atomic E-state index is 14.0. The van der Waals surface area contributed by atoms with Crippen LogP contribution in [0.15, 0.2) is 60.7 Å². The van der Waals surface area contributed by atoms with Crippen molar-refractivity contribution < 1.29 is 23.7 Å². The monoisotopic (exact) mass is 460 g/mol. The average molecular weight is 461 g/mol. The Morgan fingerprint density at radius 1 is 0.968 bits per heavy atom. The molecule has 0 bridgehead atoms. The number of hydrogen-bond donors (Lipinski definition) is 1. The number of carboxylic acids is 1. The first-order valence-corrected chi connectivity index (χ1v) is 15.3. The fourth-order valence-electron chi connectivity index (χ4n) is 3.05. The summed E-state index contributed by atoms with van der Waals surface area (Å²) in [5, 5.41) is 10.8. The van der Waals surface area contributed by atoms with Gasteiger partial charge in [-0.25, -0.2) is 4.79 Å². The third-order valence-electron chi connectivity index (χ3n) is 5.95. The van der Waals surface area contributed by atoms with Crippen molar-refractivity contribution in [1.82, 2.24) is 0 Å². The van der Waals surface area contributed by atoms with Crippen LogP contribution >= 0.6 is 7.14 Å². The van der Waals surface area contributed by atoms with Crippen LogP contribution in [0.25, 0.3) is 0 Å². The molecule has 168 valence electrons. The molecule has 2 aromatic carbocycles. The Morgan fingerprint density at radius 3 is 1.81 bits per heavy atom. The largest absolute Gasteiger partial charge is 0.479 e. The van der Waals surface area contributed by atoms with Crippen molar-refractivity contribution in [3.63, 3.8) is 0 Å². The molecule has 0 saturated carbocycles. The van der Waals surface area contributed by atoms with Gasteiger partial charge in [0.05, 0.1) is 6.16 Å². The van der Waals surface area contributed by atoms with Crippen molar-refractivity contribution in [2.24, 2.45) is 0 Å². The van der Waals surface area contributed by atoms with Gasteiger partial charge in [0, 0.05) is 17.0 Å². The highest BCUT2D eigenvalue weighted by atomic mass is 31.2. The molecule has 0 aliphatic rings. The van der Waals surface area contributed by atoms with Crippen molar-refractivity contribution >= 4 is 37.8 Å². The highest BCUT2D eigenvalue weighted by Crippen LogP contribution is 2.43. The van der Waals surface area contributed by atoms with Gasteiger partial charge in [-0.3, -0.25) is 4.79 Å². The Bertz CT molecular complexity index is 892. The second kappa shape index (κ2) is 10.1. The number of ketones is 1. The summed E-state index contributed by atoms with van der Waals surface area (Å²) in [6, 6.07) is 18.0. The molecule has 1 N–H and O–H groups in total. The number of carbonyl (C=O) groups excluding carboxylic acids is 1. The van der Waals surface area contributed by atoms with Crippen molar-refractivity contribution in [2.45, 2.75) is 57.8 Å². The van der Waals surface area contributed by atoms with Gasteiger partial charge in [-0.2, -0.15) is 0 Å². The van der Waals surface area contributed by atoms with Crippen LogP contribution in [0, 0.1) is 0 Å². The normalized spacial score (nSPS) is 13.6. The quantitative estimate of drug-likeness (QED) is 0.406. The van der Waals surface area contributed by atoms with Crippen molar-refractivity contribution in [3.8, 4) is 0 Å². The first kappa shape index (κ1) is 25.2. The minimum absolute atomic E-state index is 0.00917. The summed E-state index contributed by atoms with van der Waals surface area (Å²) in [6.45, 7) is 10.1. The molecule has 0 heterocycles. The van der Waals surface area contributed by atoms with Crippen LogP contribution in [0.1, 0.15) is 33.6 Å². The molecular formula is C24H33O5PSi. The van der Waals surface area contributed by atoms with E-state index in [1.165, 1.54) is 0 Å². The summed E-state index contributed by atoms with van der Waals surface area (Å²) in [5.41, 5.74) is 0. The number of carbonyl (C=O) groups is 2. The molecule has 0 aromatic heterocycles. The van der Waals surface area contributed by atoms with Gasteiger partial charge in [0.15, 0.2) is 8.32 Å². The van der Waals surface area contributed by atoms with E-state index < -0.39 is 27.5 Å². The summed E-state index contributed by atoms with van der Waals surface area (Å²) < 4.78 is 20.0. The lowest BCUT2D eigenvalue weighted by molar-refractivity contribution is -0.146. The zero-order valence-corrected chi connectivity index (χ0v) is 20.9. The lowest BCUT2D eigenvalue weighted by Crippen LogP contribution is -2.46. The predicted octanol–water partition coefficient (Wildman–Crippen LogP) is 4.82. The fraction of sp³-hybridized carbons (Fsp3) is 0.417. The molecule has 7 heteroatoms. The molecule has 0 radical (unpaired) electrons. The average Bonchev–Trinajstić information content (AvgIpc) is 2.71. The Kier molecular flexibility index (Phi) is 8.20. The van der Waals surface area contributed by atoms with E-state index >= 15 is 0 Å². The van der Waals surface area contributed by atoms with Gasteiger partial charge < -0.3 is 14.1 Å². The summed E-state index contributed by atoms with van der Waals surface area (Å²) >= 11 is 0. The van der Waals surface area contributed by atoms with Crippen LogP contribution < -0.4 is 10.6 Å². The lowest BCUT2D eigenvalue weighted by Gasteiger charge is -2.38. The van der Waals surface area contributed by atoms with Gasteiger partial charge in [0.25, 0.3) is 0 Å². The molecule has 0 aliphatic heterocycles. The van der Waals surface area contributed by atoms with Crippen molar-refractivity contribution in [2.75, 3.05) is 6.16 Å². The Balaban J connectivity index is 2.18. The third-order valence-corrected chi connectivity index (χ3v) is 13.5. The molecule has 0 spiro atoms. The highest BCUT2D eigenvalue weighted by Gasteiger charge is 2.41. The number of carboxylic acid groups (broad SMARTS) is 1. The van der Waals surface area contributed by atoms with Gasteiger partial charge in [-0.15, -0.1) is 0 Å². The zero-order chi connectivity index (χ0) is 23.3. The molecule has 0 amide bonds. The summed E-state index contributed by atoms with van der Waals surface area (Å²) in [4.78, 5) is 24.7. The molecule has 2 rings (SSSR count). The molecule has 0 aliphatic carbocycles. The van der Waals surface area contributed by atoms with Gasteiger partial charge >= 0.3 is 5.97 Å². The molecule has 5 nitrogen and oxygen atoms in total. The van der Waals surface area contributed by atoms with Crippen LogP contribution in [-0.4, -0.2) is 37.4 Å². The number of Topliss-reactive ketones (excluding diaryl/α,β-unsaturated/α-hetero) is 1. The van der Waals surface area contributed by atoms with Crippen LogP contribution in [0.2, 0.25) is 18.1 Å². The minimum atomic E-state index is -3.16. The van der Waals surface area contributed by atoms with E-state index in [2.05, 4.69) is 0 Å². The number of aliphatic carboxylic acids is 1. The topological polar surface area (TPSA) is 80.7 Å². The van der Waals surface area contributed by atoms with E-state index in [0.717, 1.165) is 0 Å². The van der Waals surface area contributed by atoms with Crippen LogP contribution in [0.5, 0.6) is 0 Å². The van der Waals surface area contributed by atoms with Crippen LogP contribution in [0.4, 0.5) is 0 Å². The number of benzene rings is 2.